The van der Waals surface area contributed by atoms with Gasteiger partial charge in [0.1, 0.15) is 5.75 Å². The van der Waals surface area contributed by atoms with Gasteiger partial charge in [0.25, 0.3) is 0 Å². The number of halogens is 2. The van der Waals surface area contributed by atoms with Crippen molar-refractivity contribution in [2.24, 2.45) is 5.92 Å². The van der Waals surface area contributed by atoms with Crippen LogP contribution in [0.15, 0.2) is 22.7 Å². The molecule has 0 amide bonds. The molecule has 1 saturated carbocycles. The van der Waals surface area contributed by atoms with E-state index in [9.17, 15) is 0 Å². The van der Waals surface area contributed by atoms with Gasteiger partial charge in [-0.1, -0.05) is 6.07 Å². The molecule has 1 nitrogen and oxygen atoms in total. The van der Waals surface area contributed by atoms with Crippen molar-refractivity contribution < 1.29 is 4.74 Å². The van der Waals surface area contributed by atoms with Crippen molar-refractivity contribution in [3.63, 3.8) is 0 Å². The maximum absolute atomic E-state index is 5.73. The number of hydrogen-bond donors (Lipinski definition) is 0. The molecule has 1 aliphatic carbocycles. The minimum atomic E-state index is 0.543. The van der Waals surface area contributed by atoms with Crippen LogP contribution in [0, 0.1) is 5.92 Å². The quantitative estimate of drug-likeness (QED) is 0.755. The molecule has 0 radical (unpaired) electrons. The summed E-state index contributed by atoms with van der Waals surface area (Å²) in [5.74, 6) is 2.25. The summed E-state index contributed by atoms with van der Waals surface area (Å²) in [4.78, 5) is 0. The Balaban J connectivity index is 2.01. The summed E-state index contributed by atoms with van der Waals surface area (Å²) in [6.45, 7) is 0.846. The predicted octanol–water partition coefficient (Wildman–Crippen LogP) is 3.98. The Morgan fingerprint density at radius 2 is 2.21 bits per heavy atom. The van der Waals surface area contributed by atoms with Gasteiger partial charge in [-0.25, -0.2) is 0 Å². The molecule has 1 aromatic carbocycles. The van der Waals surface area contributed by atoms with Gasteiger partial charge in [-0.05, 0) is 52.4 Å². The normalized spacial score (nSPS) is 15.6. The van der Waals surface area contributed by atoms with Crippen LogP contribution in [0.3, 0.4) is 0 Å². The Kier molecular flexibility index (Phi) is 3.34. The van der Waals surface area contributed by atoms with Crippen LogP contribution in [0.2, 0.25) is 0 Å². The van der Waals surface area contributed by atoms with E-state index in [-0.39, 0.29) is 0 Å². The number of rotatable bonds is 4. The Morgan fingerprint density at radius 3 is 2.79 bits per heavy atom. The third-order valence-electron chi connectivity index (χ3n) is 2.32. The highest BCUT2D eigenvalue weighted by molar-refractivity contribution is 9.10. The van der Waals surface area contributed by atoms with Crippen molar-refractivity contribution in [3.8, 4) is 5.75 Å². The lowest BCUT2D eigenvalue weighted by atomic mass is 10.2. The van der Waals surface area contributed by atoms with Gasteiger partial charge in [0.2, 0.25) is 0 Å². The molecule has 1 aromatic rings. The summed E-state index contributed by atoms with van der Waals surface area (Å²) in [6, 6.07) is 5.99. The first-order chi connectivity index (χ1) is 6.79. The van der Waals surface area contributed by atoms with Gasteiger partial charge in [0.05, 0.1) is 11.1 Å². The van der Waals surface area contributed by atoms with Crippen LogP contribution < -0.4 is 4.74 Å². The molecule has 76 valence electrons. The van der Waals surface area contributed by atoms with Crippen molar-refractivity contribution in [1.82, 2.24) is 0 Å². The van der Waals surface area contributed by atoms with E-state index >= 15 is 0 Å². The third kappa shape index (κ3) is 2.64. The summed E-state index contributed by atoms with van der Waals surface area (Å²) in [5.41, 5.74) is 1.11. The third-order valence-corrected chi connectivity index (χ3v) is 3.25. The van der Waals surface area contributed by atoms with Crippen LogP contribution >= 0.6 is 27.5 Å². The fourth-order valence-electron chi connectivity index (χ4n) is 1.24. The number of hydrogen-bond acceptors (Lipinski definition) is 1. The smallest absolute Gasteiger partial charge is 0.133 e. The van der Waals surface area contributed by atoms with Crippen LogP contribution in [0.1, 0.15) is 18.4 Å². The van der Waals surface area contributed by atoms with Crippen molar-refractivity contribution in [2.75, 3.05) is 6.61 Å². The maximum atomic E-state index is 5.73. The molecule has 0 unspecified atom stereocenters. The molecule has 3 heteroatoms. The summed E-state index contributed by atoms with van der Waals surface area (Å²) >= 11 is 9.20. The van der Waals surface area contributed by atoms with E-state index in [0.717, 1.165) is 28.3 Å². The fraction of sp³-hybridized carbons (Fsp3) is 0.455. The molecule has 1 aliphatic rings. The monoisotopic (exact) mass is 274 g/mol. The molecular weight excluding hydrogens is 263 g/mol. The molecular formula is C11H12BrClO. The highest BCUT2D eigenvalue weighted by Gasteiger charge is 2.22. The van der Waals surface area contributed by atoms with Gasteiger partial charge in [-0.3, -0.25) is 0 Å². The largest absolute Gasteiger partial charge is 0.492 e. The van der Waals surface area contributed by atoms with E-state index < -0.39 is 0 Å². The first-order valence-corrected chi connectivity index (χ1v) is 6.09. The summed E-state index contributed by atoms with van der Waals surface area (Å²) in [7, 11) is 0. The highest BCUT2D eigenvalue weighted by atomic mass is 79.9. The zero-order chi connectivity index (χ0) is 9.97. The zero-order valence-corrected chi connectivity index (χ0v) is 10.1. The predicted molar refractivity (Wildman–Crippen MR) is 61.9 cm³/mol. The summed E-state index contributed by atoms with van der Waals surface area (Å²) < 4.78 is 6.67. The van der Waals surface area contributed by atoms with Gasteiger partial charge in [-0.15, -0.1) is 11.6 Å². The van der Waals surface area contributed by atoms with E-state index in [1.165, 1.54) is 12.8 Å². The topological polar surface area (TPSA) is 9.23 Å². The first kappa shape index (κ1) is 10.3. The van der Waals surface area contributed by atoms with Crippen LogP contribution in [-0.2, 0) is 5.88 Å². The summed E-state index contributed by atoms with van der Waals surface area (Å²) in [5, 5.41) is 0. The van der Waals surface area contributed by atoms with Crippen molar-refractivity contribution in [3.05, 3.63) is 28.2 Å². The van der Waals surface area contributed by atoms with Gasteiger partial charge in [0, 0.05) is 5.88 Å². The van der Waals surface area contributed by atoms with Crippen molar-refractivity contribution >= 4 is 27.5 Å². The van der Waals surface area contributed by atoms with E-state index in [0.29, 0.717) is 5.88 Å². The van der Waals surface area contributed by atoms with Gasteiger partial charge in [0.15, 0.2) is 0 Å². The zero-order valence-electron chi connectivity index (χ0n) is 7.80. The first-order valence-electron chi connectivity index (χ1n) is 4.77. The number of benzene rings is 1. The molecule has 2 rings (SSSR count). The van der Waals surface area contributed by atoms with Crippen molar-refractivity contribution in [2.45, 2.75) is 18.7 Å². The second-order valence-corrected chi connectivity index (χ2v) is 4.77. The second kappa shape index (κ2) is 4.54. The molecule has 0 atom stereocenters. The highest BCUT2D eigenvalue weighted by Crippen LogP contribution is 2.32. The van der Waals surface area contributed by atoms with E-state index in [1.807, 2.05) is 18.2 Å². The SMILES string of the molecule is ClCc1ccc(OCC2CC2)c(Br)c1. The molecule has 0 aromatic heterocycles. The number of ether oxygens (including phenoxy) is 1. The van der Waals surface area contributed by atoms with Crippen LogP contribution in [0.4, 0.5) is 0 Å². The van der Waals surface area contributed by atoms with Gasteiger partial charge in [-0.2, -0.15) is 0 Å². The summed E-state index contributed by atoms with van der Waals surface area (Å²) in [6.07, 6.45) is 2.63. The Morgan fingerprint density at radius 1 is 1.43 bits per heavy atom. The minimum absolute atomic E-state index is 0.543. The molecule has 14 heavy (non-hydrogen) atoms. The fourth-order valence-corrected chi connectivity index (χ4v) is 1.94. The van der Waals surface area contributed by atoms with Gasteiger partial charge < -0.3 is 4.74 Å². The van der Waals surface area contributed by atoms with Crippen LogP contribution in [-0.4, -0.2) is 6.61 Å². The Bertz CT molecular complexity index is 323. The lowest BCUT2D eigenvalue weighted by Crippen LogP contribution is -1.99. The van der Waals surface area contributed by atoms with E-state index in [2.05, 4.69) is 15.9 Å². The number of alkyl halides is 1. The Labute approximate surface area is 97.5 Å². The molecule has 0 bridgehead atoms. The average Bonchev–Trinajstić information content (AvgIpc) is 2.99. The lowest BCUT2D eigenvalue weighted by molar-refractivity contribution is 0.298. The molecule has 0 spiro atoms. The average molecular weight is 276 g/mol. The van der Waals surface area contributed by atoms with Crippen LogP contribution in [0.25, 0.3) is 0 Å². The van der Waals surface area contributed by atoms with Gasteiger partial charge >= 0.3 is 0 Å². The Hall–Kier alpha value is -0.210. The minimum Gasteiger partial charge on any atom is -0.492 e. The van der Waals surface area contributed by atoms with E-state index in [4.69, 9.17) is 16.3 Å². The molecule has 0 saturated heterocycles. The second-order valence-electron chi connectivity index (χ2n) is 3.65. The van der Waals surface area contributed by atoms with Crippen molar-refractivity contribution in [1.29, 1.82) is 0 Å². The standard InChI is InChI=1S/C11H12BrClO/c12-10-5-9(6-13)3-4-11(10)14-7-8-1-2-8/h3-5,8H,1-2,6-7H2. The maximum Gasteiger partial charge on any atom is 0.133 e. The molecule has 0 aliphatic heterocycles. The van der Waals surface area contributed by atoms with Crippen LogP contribution in [0.5, 0.6) is 5.75 Å². The lowest BCUT2D eigenvalue weighted by Gasteiger charge is -2.08. The molecule has 0 heterocycles. The molecule has 1 fully saturated rings. The molecule has 0 N–H and O–H groups in total. The van der Waals surface area contributed by atoms with E-state index in [1.54, 1.807) is 0 Å².